The third kappa shape index (κ3) is 3.62. The number of nitrogens with zero attached hydrogens (tertiary/aromatic N) is 3. The minimum atomic E-state index is -4.52. The van der Waals surface area contributed by atoms with Crippen molar-refractivity contribution in [3.8, 4) is 17.0 Å². The van der Waals surface area contributed by atoms with E-state index in [1.54, 1.807) is 6.07 Å². The maximum Gasteiger partial charge on any atom is 0.416 e. The first-order chi connectivity index (χ1) is 12.1. The van der Waals surface area contributed by atoms with Gasteiger partial charge in [-0.3, -0.25) is 0 Å². The molecule has 0 radical (unpaired) electrons. The SMILES string of the molecule is Cc1cc(C(F)(F)F)cc(O)c1-c1cc2ccc(CN(C)C)cc2nn1. The fraction of sp³-hybridized carbons (Fsp3) is 0.263. The topological polar surface area (TPSA) is 49.2 Å². The number of halogens is 3. The van der Waals surface area contributed by atoms with Gasteiger partial charge >= 0.3 is 6.18 Å². The van der Waals surface area contributed by atoms with Crippen molar-refractivity contribution in [2.75, 3.05) is 14.1 Å². The van der Waals surface area contributed by atoms with Crippen molar-refractivity contribution in [1.29, 1.82) is 0 Å². The number of phenolic OH excluding ortho intramolecular Hbond substituents is 1. The Morgan fingerprint density at radius 3 is 2.38 bits per heavy atom. The van der Waals surface area contributed by atoms with Gasteiger partial charge in [-0.1, -0.05) is 12.1 Å². The van der Waals surface area contributed by atoms with Gasteiger partial charge in [-0.2, -0.15) is 13.2 Å². The molecule has 0 saturated carbocycles. The number of phenols is 1. The molecule has 4 nitrogen and oxygen atoms in total. The van der Waals surface area contributed by atoms with Crippen molar-refractivity contribution >= 4 is 10.9 Å². The van der Waals surface area contributed by atoms with Crippen LogP contribution in [0.3, 0.4) is 0 Å². The molecule has 136 valence electrons. The predicted octanol–water partition coefficient (Wildman–Crippen LogP) is 4.39. The summed E-state index contributed by atoms with van der Waals surface area (Å²) < 4.78 is 38.6. The molecule has 1 N–H and O–H groups in total. The van der Waals surface area contributed by atoms with Gasteiger partial charge < -0.3 is 10.0 Å². The number of benzene rings is 2. The minimum absolute atomic E-state index is 0.254. The number of hydrogen-bond acceptors (Lipinski definition) is 4. The van der Waals surface area contributed by atoms with Gasteiger partial charge in [0.15, 0.2) is 0 Å². The number of hydrogen-bond donors (Lipinski definition) is 1. The van der Waals surface area contributed by atoms with E-state index in [1.165, 1.54) is 6.92 Å². The van der Waals surface area contributed by atoms with E-state index in [2.05, 4.69) is 10.2 Å². The molecular formula is C19H18F3N3O. The summed E-state index contributed by atoms with van der Waals surface area (Å²) in [6.45, 7) is 2.27. The van der Waals surface area contributed by atoms with Gasteiger partial charge in [0.25, 0.3) is 0 Å². The van der Waals surface area contributed by atoms with Gasteiger partial charge in [-0.15, -0.1) is 10.2 Å². The van der Waals surface area contributed by atoms with E-state index in [1.807, 2.05) is 37.2 Å². The largest absolute Gasteiger partial charge is 0.507 e. The van der Waals surface area contributed by atoms with E-state index in [4.69, 9.17) is 0 Å². The Morgan fingerprint density at radius 1 is 1.04 bits per heavy atom. The molecule has 0 amide bonds. The smallest absolute Gasteiger partial charge is 0.416 e. The van der Waals surface area contributed by atoms with Crippen LogP contribution in [0.15, 0.2) is 36.4 Å². The van der Waals surface area contributed by atoms with E-state index in [0.717, 1.165) is 23.6 Å². The van der Waals surface area contributed by atoms with Crippen LogP contribution >= 0.6 is 0 Å². The van der Waals surface area contributed by atoms with Crippen molar-refractivity contribution < 1.29 is 18.3 Å². The highest BCUT2D eigenvalue weighted by Gasteiger charge is 2.32. The summed E-state index contributed by atoms with van der Waals surface area (Å²) in [5.74, 6) is -0.463. The van der Waals surface area contributed by atoms with Gasteiger partial charge in [0.2, 0.25) is 0 Å². The Bertz CT molecular complexity index is 945. The van der Waals surface area contributed by atoms with Crippen molar-refractivity contribution in [2.45, 2.75) is 19.6 Å². The van der Waals surface area contributed by atoms with Crippen LogP contribution in [0.5, 0.6) is 5.75 Å². The van der Waals surface area contributed by atoms with Gasteiger partial charge in [-0.05, 0) is 56.4 Å². The van der Waals surface area contributed by atoms with Gasteiger partial charge in [0.1, 0.15) is 5.75 Å². The van der Waals surface area contributed by atoms with Crippen LogP contribution in [0.2, 0.25) is 0 Å². The molecule has 0 aliphatic rings. The third-order valence-corrected chi connectivity index (χ3v) is 4.05. The molecule has 26 heavy (non-hydrogen) atoms. The maximum atomic E-state index is 12.9. The zero-order valence-corrected chi connectivity index (χ0v) is 14.6. The van der Waals surface area contributed by atoms with Crippen LogP contribution in [0.4, 0.5) is 13.2 Å². The molecule has 0 atom stereocenters. The molecule has 3 aromatic rings. The highest BCUT2D eigenvalue weighted by atomic mass is 19.4. The molecule has 0 fully saturated rings. The molecule has 7 heteroatoms. The predicted molar refractivity (Wildman–Crippen MR) is 93.8 cm³/mol. The minimum Gasteiger partial charge on any atom is -0.507 e. The molecule has 0 aliphatic carbocycles. The standard InChI is InChI=1S/C19H18F3N3O/c1-11-6-14(19(20,21)22)9-17(26)18(11)16-8-13-5-4-12(10-25(2)3)7-15(13)23-24-16/h4-9,26H,10H2,1-3H3. The summed E-state index contributed by atoms with van der Waals surface area (Å²) in [6.07, 6.45) is -4.52. The van der Waals surface area contributed by atoms with Crippen molar-refractivity contribution in [3.63, 3.8) is 0 Å². The Morgan fingerprint density at radius 2 is 1.77 bits per heavy atom. The fourth-order valence-electron chi connectivity index (χ4n) is 2.93. The van der Waals surface area contributed by atoms with E-state index in [9.17, 15) is 18.3 Å². The second-order valence-electron chi connectivity index (χ2n) is 6.55. The lowest BCUT2D eigenvalue weighted by molar-refractivity contribution is -0.137. The van der Waals surface area contributed by atoms with Crippen LogP contribution in [0.1, 0.15) is 16.7 Å². The van der Waals surface area contributed by atoms with E-state index >= 15 is 0 Å². The fourth-order valence-corrected chi connectivity index (χ4v) is 2.93. The summed E-state index contributed by atoms with van der Waals surface area (Å²) in [6, 6.07) is 9.22. The molecule has 3 rings (SSSR count). The van der Waals surface area contributed by atoms with E-state index in [-0.39, 0.29) is 11.1 Å². The average Bonchev–Trinajstić information content (AvgIpc) is 2.52. The Hall–Kier alpha value is -2.67. The monoisotopic (exact) mass is 361 g/mol. The highest BCUT2D eigenvalue weighted by molar-refractivity contribution is 5.84. The maximum absolute atomic E-state index is 12.9. The first-order valence-electron chi connectivity index (χ1n) is 7.97. The number of fused-ring (bicyclic) bond motifs is 1. The zero-order chi connectivity index (χ0) is 19.1. The van der Waals surface area contributed by atoms with Crippen molar-refractivity contribution in [3.05, 3.63) is 53.1 Å². The average molecular weight is 361 g/mol. The van der Waals surface area contributed by atoms with Crippen LogP contribution in [0.25, 0.3) is 22.2 Å². The number of aromatic hydroxyl groups is 1. The molecule has 1 aromatic heterocycles. The molecule has 0 bridgehead atoms. The molecule has 1 heterocycles. The Labute approximate surface area is 148 Å². The third-order valence-electron chi connectivity index (χ3n) is 4.05. The second kappa shape index (κ2) is 6.57. The first kappa shape index (κ1) is 18.1. The van der Waals surface area contributed by atoms with Crippen LogP contribution < -0.4 is 0 Å². The molecule has 0 aliphatic heterocycles. The lowest BCUT2D eigenvalue weighted by Crippen LogP contribution is -2.10. The quantitative estimate of drug-likeness (QED) is 0.752. The molecule has 0 saturated heterocycles. The van der Waals surface area contributed by atoms with Gasteiger partial charge in [0.05, 0.1) is 16.8 Å². The normalized spacial score (nSPS) is 12.1. The van der Waals surface area contributed by atoms with Crippen molar-refractivity contribution in [2.24, 2.45) is 0 Å². The second-order valence-corrected chi connectivity index (χ2v) is 6.55. The number of alkyl halides is 3. The van der Waals surface area contributed by atoms with Crippen LogP contribution in [0, 0.1) is 6.92 Å². The lowest BCUT2D eigenvalue weighted by Gasteiger charge is -2.13. The van der Waals surface area contributed by atoms with Crippen LogP contribution in [-0.4, -0.2) is 34.3 Å². The number of rotatable bonds is 3. The van der Waals surface area contributed by atoms with Crippen molar-refractivity contribution in [1.82, 2.24) is 15.1 Å². The summed E-state index contributed by atoms with van der Waals surface area (Å²) in [5.41, 5.74) is 1.76. The van der Waals surface area contributed by atoms with E-state index in [0.29, 0.717) is 17.3 Å². The first-order valence-corrected chi connectivity index (χ1v) is 7.97. The van der Waals surface area contributed by atoms with Gasteiger partial charge in [0, 0.05) is 17.5 Å². The summed E-state index contributed by atoms with van der Waals surface area (Å²) in [5, 5.41) is 19.2. The van der Waals surface area contributed by atoms with E-state index < -0.39 is 17.5 Å². The molecule has 0 unspecified atom stereocenters. The summed E-state index contributed by atoms with van der Waals surface area (Å²) in [7, 11) is 3.93. The van der Waals surface area contributed by atoms with Crippen LogP contribution in [-0.2, 0) is 12.7 Å². The summed E-state index contributed by atoms with van der Waals surface area (Å²) in [4.78, 5) is 2.03. The lowest BCUT2D eigenvalue weighted by atomic mass is 9.99. The molecule has 0 spiro atoms. The molecule has 2 aromatic carbocycles. The molecular weight excluding hydrogens is 343 g/mol. The highest BCUT2D eigenvalue weighted by Crippen LogP contribution is 2.38. The summed E-state index contributed by atoms with van der Waals surface area (Å²) >= 11 is 0. The Balaban J connectivity index is 2.06. The van der Waals surface area contributed by atoms with Gasteiger partial charge in [-0.25, -0.2) is 0 Å². The Kier molecular flexibility index (Phi) is 4.58. The zero-order valence-electron chi connectivity index (χ0n) is 14.6. The number of aromatic nitrogens is 2. The number of aryl methyl sites for hydroxylation is 1.